The highest BCUT2D eigenvalue weighted by molar-refractivity contribution is 5.93. The molecule has 0 heterocycles. The largest absolute Gasteiger partial charge is 0.452 e. The maximum absolute atomic E-state index is 11.9. The quantitative estimate of drug-likeness (QED) is 0.638. The van der Waals surface area contributed by atoms with Crippen LogP contribution in [-0.4, -0.2) is 24.0 Å². The fraction of sp³-hybridized carbons (Fsp3) is 0.467. The molecule has 0 atom stereocenters. The fourth-order valence-corrected chi connectivity index (χ4v) is 1.57. The number of nitrogens with one attached hydrogen (secondary N) is 1. The third-order valence-corrected chi connectivity index (χ3v) is 3.18. The van der Waals surface area contributed by atoms with E-state index in [4.69, 9.17) is 10.5 Å². The minimum absolute atomic E-state index is 0.295. The van der Waals surface area contributed by atoms with Crippen molar-refractivity contribution in [2.75, 3.05) is 12.3 Å². The van der Waals surface area contributed by atoms with E-state index in [1.807, 2.05) is 20.8 Å². The Morgan fingerprint density at radius 3 is 2.60 bits per heavy atom. The standard InChI is InChI=1S/C15H22N2O3/c1-5-15(3,4)17-13(18)9-20-14(19)12-8-11(16)7-6-10(12)2/h6-8H,5,9,16H2,1-4H3,(H,17,18). The molecule has 0 unspecified atom stereocenters. The van der Waals surface area contributed by atoms with Gasteiger partial charge in [-0.2, -0.15) is 0 Å². The summed E-state index contributed by atoms with van der Waals surface area (Å²) in [6.45, 7) is 7.29. The first-order valence-electron chi connectivity index (χ1n) is 6.59. The minimum atomic E-state index is -0.542. The van der Waals surface area contributed by atoms with Crippen LogP contribution < -0.4 is 11.1 Å². The van der Waals surface area contributed by atoms with Gasteiger partial charge in [-0.05, 0) is 44.9 Å². The average Bonchev–Trinajstić information content (AvgIpc) is 2.38. The highest BCUT2D eigenvalue weighted by Gasteiger charge is 2.19. The van der Waals surface area contributed by atoms with Crippen LogP contribution in [0.25, 0.3) is 0 Å². The predicted octanol–water partition coefficient (Wildman–Crippen LogP) is 2.04. The molecule has 3 N–H and O–H groups in total. The number of esters is 1. The van der Waals surface area contributed by atoms with E-state index in [2.05, 4.69) is 5.32 Å². The van der Waals surface area contributed by atoms with E-state index in [-0.39, 0.29) is 18.1 Å². The predicted molar refractivity (Wildman–Crippen MR) is 78.4 cm³/mol. The van der Waals surface area contributed by atoms with Crippen molar-refractivity contribution in [3.63, 3.8) is 0 Å². The van der Waals surface area contributed by atoms with Crippen LogP contribution in [0.4, 0.5) is 5.69 Å². The summed E-state index contributed by atoms with van der Waals surface area (Å²) >= 11 is 0. The zero-order valence-corrected chi connectivity index (χ0v) is 12.4. The molecule has 0 saturated heterocycles. The molecular formula is C15H22N2O3. The van der Waals surface area contributed by atoms with Crippen molar-refractivity contribution in [2.24, 2.45) is 0 Å². The topological polar surface area (TPSA) is 81.4 Å². The van der Waals surface area contributed by atoms with E-state index in [0.29, 0.717) is 11.3 Å². The lowest BCUT2D eigenvalue weighted by Crippen LogP contribution is -2.44. The molecule has 1 aromatic carbocycles. The van der Waals surface area contributed by atoms with Crippen LogP contribution in [0.1, 0.15) is 43.1 Å². The Kier molecular flexibility index (Phi) is 5.13. The van der Waals surface area contributed by atoms with Gasteiger partial charge < -0.3 is 15.8 Å². The summed E-state index contributed by atoms with van der Waals surface area (Å²) in [4.78, 5) is 23.6. The molecular weight excluding hydrogens is 256 g/mol. The van der Waals surface area contributed by atoms with Gasteiger partial charge >= 0.3 is 5.97 Å². The molecule has 1 amide bonds. The Morgan fingerprint density at radius 2 is 2.00 bits per heavy atom. The Morgan fingerprint density at radius 1 is 1.35 bits per heavy atom. The summed E-state index contributed by atoms with van der Waals surface area (Å²) in [5.41, 5.74) is 6.96. The van der Waals surface area contributed by atoms with Crippen LogP contribution in [0.2, 0.25) is 0 Å². The average molecular weight is 278 g/mol. The number of carbonyl (C=O) groups is 2. The van der Waals surface area contributed by atoms with E-state index >= 15 is 0 Å². The number of nitrogen functional groups attached to an aromatic ring is 1. The van der Waals surface area contributed by atoms with Crippen molar-refractivity contribution >= 4 is 17.6 Å². The number of amides is 1. The third kappa shape index (κ3) is 4.57. The first-order chi connectivity index (χ1) is 9.25. The highest BCUT2D eigenvalue weighted by Crippen LogP contribution is 2.14. The molecule has 0 radical (unpaired) electrons. The van der Waals surface area contributed by atoms with Crippen LogP contribution in [0, 0.1) is 6.92 Å². The van der Waals surface area contributed by atoms with Crippen LogP contribution >= 0.6 is 0 Å². The van der Waals surface area contributed by atoms with E-state index in [0.717, 1.165) is 12.0 Å². The van der Waals surface area contributed by atoms with E-state index < -0.39 is 5.97 Å². The second-order valence-electron chi connectivity index (χ2n) is 5.44. The number of benzene rings is 1. The summed E-state index contributed by atoms with van der Waals surface area (Å²) in [7, 11) is 0. The monoisotopic (exact) mass is 278 g/mol. The van der Waals surface area contributed by atoms with Gasteiger partial charge in [0.25, 0.3) is 5.91 Å². The first kappa shape index (κ1) is 16.0. The molecule has 20 heavy (non-hydrogen) atoms. The fourth-order valence-electron chi connectivity index (χ4n) is 1.57. The maximum atomic E-state index is 11.9. The molecule has 0 spiro atoms. The smallest absolute Gasteiger partial charge is 0.338 e. The van der Waals surface area contributed by atoms with E-state index in [1.54, 1.807) is 25.1 Å². The van der Waals surface area contributed by atoms with Crippen LogP contribution in [0.15, 0.2) is 18.2 Å². The second-order valence-corrected chi connectivity index (χ2v) is 5.44. The number of hydrogen-bond acceptors (Lipinski definition) is 4. The number of carbonyl (C=O) groups excluding carboxylic acids is 2. The van der Waals surface area contributed by atoms with Gasteiger partial charge in [0.05, 0.1) is 5.56 Å². The third-order valence-electron chi connectivity index (χ3n) is 3.18. The lowest BCUT2D eigenvalue weighted by molar-refractivity contribution is -0.125. The summed E-state index contributed by atoms with van der Waals surface area (Å²) in [5, 5.41) is 2.80. The molecule has 1 rings (SSSR count). The van der Waals surface area contributed by atoms with Gasteiger partial charge in [0, 0.05) is 11.2 Å². The number of rotatable bonds is 5. The first-order valence-corrected chi connectivity index (χ1v) is 6.59. The lowest BCUT2D eigenvalue weighted by Gasteiger charge is -2.24. The molecule has 0 aliphatic carbocycles. The molecule has 0 fully saturated rings. The van der Waals surface area contributed by atoms with Crippen LogP contribution in [-0.2, 0) is 9.53 Å². The van der Waals surface area contributed by atoms with Gasteiger partial charge in [-0.3, -0.25) is 4.79 Å². The normalized spacial score (nSPS) is 11.0. The van der Waals surface area contributed by atoms with Crippen LogP contribution in [0.3, 0.4) is 0 Å². The van der Waals surface area contributed by atoms with Crippen molar-refractivity contribution in [2.45, 2.75) is 39.7 Å². The Hall–Kier alpha value is -2.04. The van der Waals surface area contributed by atoms with Gasteiger partial charge in [-0.25, -0.2) is 4.79 Å². The van der Waals surface area contributed by atoms with Crippen LogP contribution in [0.5, 0.6) is 0 Å². The lowest BCUT2D eigenvalue weighted by atomic mass is 10.0. The van der Waals surface area contributed by atoms with Crippen molar-refractivity contribution < 1.29 is 14.3 Å². The zero-order chi connectivity index (χ0) is 15.3. The van der Waals surface area contributed by atoms with Gasteiger partial charge in [0.1, 0.15) is 0 Å². The Balaban J connectivity index is 2.60. The highest BCUT2D eigenvalue weighted by atomic mass is 16.5. The Labute approximate surface area is 119 Å². The number of nitrogens with two attached hydrogens (primary N) is 1. The Bertz CT molecular complexity index is 510. The van der Waals surface area contributed by atoms with Gasteiger partial charge in [0.2, 0.25) is 0 Å². The summed E-state index contributed by atoms with van der Waals surface area (Å²) in [6.07, 6.45) is 0.793. The molecule has 0 aromatic heterocycles. The second kappa shape index (κ2) is 6.41. The van der Waals surface area contributed by atoms with Crippen molar-refractivity contribution in [1.82, 2.24) is 5.32 Å². The minimum Gasteiger partial charge on any atom is -0.452 e. The molecule has 5 nitrogen and oxygen atoms in total. The van der Waals surface area contributed by atoms with E-state index in [9.17, 15) is 9.59 Å². The molecule has 0 bridgehead atoms. The van der Waals surface area contributed by atoms with Crippen molar-refractivity contribution in [3.05, 3.63) is 29.3 Å². The summed E-state index contributed by atoms with van der Waals surface area (Å²) < 4.78 is 5.01. The van der Waals surface area contributed by atoms with Gasteiger partial charge in [-0.1, -0.05) is 13.0 Å². The molecule has 5 heteroatoms. The van der Waals surface area contributed by atoms with Crippen molar-refractivity contribution in [3.8, 4) is 0 Å². The van der Waals surface area contributed by atoms with Gasteiger partial charge in [0.15, 0.2) is 6.61 Å². The maximum Gasteiger partial charge on any atom is 0.338 e. The zero-order valence-electron chi connectivity index (χ0n) is 12.4. The molecule has 0 saturated carbocycles. The summed E-state index contributed by atoms with van der Waals surface area (Å²) in [6, 6.07) is 5.00. The number of ether oxygens (including phenoxy) is 1. The number of hydrogen-bond donors (Lipinski definition) is 2. The molecule has 1 aromatic rings. The SMILES string of the molecule is CCC(C)(C)NC(=O)COC(=O)c1cc(N)ccc1C. The molecule has 110 valence electrons. The summed E-state index contributed by atoms with van der Waals surface area (Å²) in [5.74, 6) is -0.856. The van der Waals surface area contributed by atoms with Crippen molar-refractivity contribution in [1.29, 1.82) is 0 Å². The molecule has 0 aliphatic rings. The number of aryl methyl sites for hydroxylation is 1. The molecule has 0 aliphatic heterocycles. The van der Waals surface area contributed by atoms with Gasteiger partial charge in [-0.15, -0.1) is 0 Å². The number of anilines is 1. The van der Waals surface area contributed by atoms with E-state index in [1.165, 1.54) is 0 Å².